The van der Waals surface area contributed by atoms with Gasteiger partial charge in [-0.3, -0.25) is 0 Å². The first-order chi connectivity index (χ1) is 9.89. The highest BCUT2D eigenvalue weighted by atomic mass is 28.3. The second-order valence-electron chi connectivity index (χ2n) is 7.87. The van der Waals surface area contributed by atoms with E-state index in [1.54, 1.807) is 0 Å². The molecule has 110 valence electrons. The molecular formula is C19H26NSi+. The molecule has 1 heterocycles. The predicted molar refractivity (Wildman–Crippen MR) is 92.8 cm³/mol. The van der Waals surface area contributed by atoms with Crippen molar-refractivity contribution in [3.63, 3.8) is 0 Å². The third-order valence-electron chi connectivity index (χ3n) is 4.46. The van der Waals surface area contributed by atoms with Crippen molar-refractivity contribution in [3.8, 4) is 0 Å². The minimum Gasteiger partial charge on any atom is -0.316 e. The lowest BCUT2D eigenvalue weighted by atomic mass is 9.97. The van der Waals surface area contributed by atoms with Crippen molar-refractivity contribution in [1.29, 1.82) is 0 Å². The summed E-state index contributed by atoms with van der Waals surface area (Å²) in [5, 5.41) is 0. The van der Waals surface area contributed by atoms with E-state index in [1.165, 1.54) is 29.4 Å². The molecule has 1 nitrogen and oxygen atoms in total. The second-order valence-corrected chi connectivity index (χ2v) is 13.3. The minimum absolute atomic E-state index is 0.495. The first-order valence-electron chi connectivity index (χ1n) is 7.86. The number of hydrogen-bond donors (Lipinski definition) is 0. The average molecular weight is 297 g/mol. The molecule has 2 atom stereocenters. The summed E-state index contributed by atoms with van der Waals surface area (Å²) in [7, 11) is 1.32. The van der Waals surface area contributed by atoms with Crippen molar-refractivity contribution in [2.24, 2.45) is 0 Å². The Morgan fingerprint density at radius 2 is 1.57 bits per heavy atom. The normalized spacial score (nSPS) is 24.9. The van der Waals surface area contributed by atoms with Gasteiger partial charge in [0.05, 0.1) is 13.2 Å². The van der Waals surface area contributed by atoms with Gasteiger partial charge in [-0.25, -0.2) is 0 Å². The van der Waals surface area contributed by atoms with Crippen LogP contribution in [0.25, 0.3) is 0 Å². The van der Waals surface area contributed by atoms with Gasteiger partial charge < -0.3 is 4.48 Å². The monoisotopic (exact) mass is 296 g/mol. The molecule has 0 bridgehead atoms. The number of nitrogens with zero attached hydrogens (tertiary/aromatic N) is 1. The van der Waals surface area contributed by atoms with Crippen LogP contribution in [0, 0.1) is 0 Å². The number of fused-ring (bicyclic) bond motifs is 1. The van der Waals surface area contributed by atoms with Crippen molar-refractivity contribution < 1.29 is 4.48 Å². The van der Waals surface area contributed by atoms with Gasteiger partial charge in [-0.1, -0.05) is 74.2 Å². The molecule has 0 amide bonds. The lowest BCUT2D eigenvalue weighted by Crippen LogP contribution is -2.52. The Balaban J connectivity index is 2.10. The molecule has 2 heteroatoms. The minimum atomic E-state index is -1.14. The zero-order valence-electron chi connectivity index (χ0n) is 13.6. The summed E-state index contributed by atoms with van der Waals surface area (Å²) in [6, 6.07) is 20.6. The lowest BCUT2D eigenvalue weighted by molar-refractivity contribution is -0.930. The van der Waals surface area contributed by atoms with Crippen molar-refractivity contribution in [1.82, 2.24) is 0 Å². The van der Waals surface area contributed by atoms with Crippen LogP contribution in [-0.4, -0.2) is 25.8 Å². The molecular weight excluding hydrogens is 270 g/mol. The van der Waals surface area contributed by atoms with Crippen LogP contribution < -0.4 is 0 Å². The molecule has 1 aliphatic rings. The van der Waals surface area contributed by atoms with Gasteiger partial charge in [0.2, 0.25) is 0 Å². The Labute approximate surface area is 129 Å². The van der Waals surface area contributed by atoms with Crippen molar-refractivity contribution in [3.05, 3.63) is 71.3 Å². The summed E-state index contributed by atoms with van der Waals surface area (Å²) in [6.45, 7) is 8.63. The zero-order chi connectivity index (χ0) is 15.1. The number of quaternary nitrogens is 1. The average Bonchev–Trinajstić information content (AvgIpc) is 2.68. The fourth-order valence-electron chi connectivity index (χ4n) is 4.17. The van der Waals surface area contributed by atoms with Gasteiger partial charge in [0.1, 0.15) is 20.7 Å². The maximum atomic E-state index is 2.49. The van der Waals surface area contributed by atoms with Gasteiger partial charge in [0.25, 0.3) is 0 Å². The van der Waals surface area contributed by atoms with Crippen LogP contribution in [0.4, 0.5) is 0 Å². The quantitative estimate of drug-likeness (QED) is 0.573. The van der Waals surface area contributed by atoms with Crippen LogP contribution in [0.1, 0.15) is 22.7 Å². The van der Waals surface area contributed by atoms with Gasteiger partial charge in [-0.15, -0.1) is 0 Å². The maximum absolute atomic E-state index is 2.49. The van der Waals surface area contributed by atoms with E-state index in [2.05, 4.69) is 81.3 Å². The summed E-state index contributed by atoms with van der Waals surface area (Å²) in [5.41, 5.74) is 4.53. The standard InChI is InChI=1S/C19H26NSi/c1-20(15-21(2,3)4)14-17-12-8-9-13-18(17)19(20)16-10-6-5-7-11-16/h5-13,19H,14-15H2,1-4H3/q+1/t19-,20-/m1/s1. The van der Waals surface area contributed by atoms with Crippen LogP contribution in [0.2, 0.25) is 19.6 Å². The van der Waals surface area contributed by atoms with E-state index in [9.17, 15) is 0 Å². The summed E-state index contributed by atoms with van der Waals surface area (Å²) < 4.78 is 1.14. The van der Waals surface area contributed by atoms with Crippen molar-refractivity contribution >= 4 is 8.07 Å². The number of benzene rings is 2. The van der Waals surface area contributed by atoms with Crippen LogP contribution in [0.15, 0.2) is 54.6 Å². The van der Waals surface area contributed by atoms with Gasteiger partial charge in [-0.05, 0) is 0 Å². The molecule has 0 fully saturated rings. The van der Waals surface area contributed by atoms with Crippen molar-refractivity contribution in [2.75, 3.05) is 13.2 Å². The van der Waals surface area contributed by atoms with Crippen LogP contribution in [0.3, 0.4) is 0 Å². The predicted octanol–water partition coefficient (Wildman–Crippen LogP) is 4.61. The molecule has 0 saturated carbocycles. The summed E-state index contributed by atoms with van der Waals surface area (Å²) in [5.74, 6) is 0. The van der Waals surface area contributed by atoms with Crippen LogP contribution >= 0.6 is 0 Å². The molecule has 0 N–H and O–H groups in total. The van der Waals surface area contributed by atoms with Gasteiger partial charge >= 0.3 is 0 Å². The largest absolute Gasteiger partial charge is 0.316 e. The summed E-state index contributed by atoms with van der Waals surface area (Å²) in [6.07, 6.45) is 1.32. The fourth-order valence-corrected chi connectivity index (χ4v) is 6.63. The number of hydrogen-bond acceptors (Lipinski definition) is 0. The first kappa shape index (κ1) is 14.5. The Bertz CT molecular complexity index is 630. The summed E-state index contributed by atoms with van der Waals surface area (Å²) >= 11 is 0. The highest BCUT2D eigenvalue weighted by Crippen LogP contribution is 2.43. The van der Waals surface area contributed by atoms with Gasteiger partial charge in [-0.2, -0.15) is 0 Å². The van der Waals surface area contributed by atoms with E-state index in [1.807, 2.05) is 0 Å². The smallest absolute Gasteiger partial charge is 0.141 e. The fraction of sp³-hybridized carbons (Fsp3) is 0.368. The van der Waals surface area contributed by atoms with Gasteiger partial charge in [0, 0.05) is 16.7 Å². The zero-order valence-corrected chi connectivity index (χ0v) is 14.6. The molecule has 2 aromatic rings. The molecule has 0 aromatic heterocycles. The van der Waals surface area contributed by atoms with E-state index in [4.69, 9.17) is 0 Å². The van der Waals surface area contributed by atoms with Crippen LogP contribution in [-0.2, 0) is 6.54 Å². The van der Waals surface area contributed by atoms with E-state index in [-0.39, 0.29) is 0 Å². The van der Waals surface area contributed by atoms with E-state index >= 15 is 0 Å². The maximum Gasteiger partial charge on any atom is 0.141 e. The highest BCUT2D eigenvalue weighted by molar-refractivity contribution is 6.76. The Morgan fingerprint density at radius 3 is 2.24 bits per heavy atom. The highest BCUT2D eigenvalue weighted by Gasteiger charge is 2.45. The Hall–Kier alpha value is -1.38. The van der Waals surface area contributed by atoms with E-state index in [0.29, 0.717) is 6.04 Å². The lowest BCUT2D eigenvalue weighted by Gasteiger charge is -2.40. The Kier molecular flexibility index (Phi) is 3.54. The Morgan fingerprint density at radius 1 is 0.952 bits per heavy atom. The molecule has 0 spiro atoms. The van der Waals surface area contributed by atoms with Gasteiger partial charge in [0.15, 0.2) is 0 Å². The first-order valence-corrected chi connectivity index (χ1v) is 11.6. The molecule has 21 heavy (non-hydrogen) atoms. The number of rotatable bonds is 3. The third-order valence-corrected chi connectivity index (χ3v) is 6.13. The molecule has 3 rings (SSSR count). The topological polar surface area (TPSA) is 0 Å². The molecule has 0 radical (unpaired) electrons. The van der Waals surface area contributed by atoms with Crippen LogP contribution in [0.5, 0.6) is 0 Å². The molecule has 0 saturated heterocycles. The summed E-state index contributed by atoms with van der Waals surface area (Å²) in [4.78, 5) is 0. The molecule has 2 aromatic carbocycles. The van der Waals surface area contributed by atoms with E-state index in [0.717, 1.165) is 4.48 Å². The van der Waals surface area contributed by atoms with E-state index < -0.39 is 8.07 Å². The second kappa shape index (κ2) is 5.11. The molecule has 0 unspecified atom stereocenters. The SMILES string of the molecule is C[N@+]1(C[Si](C)(C)C)Cc2ccccc2[C@H]1c1ccccc1. The molecule has 0 aliphatic carbocycles. The third kappa shape index (κ3) is 2.83. The molecule has 1 aliphatic heterocycles. The van der Waals surface area contributed by atoms with Crippen molar-refractivity contribution in [2.45, 2.75) is 32.2 Å².